The molecule has 0 aromatic heterocycles. The molecule has 1 aliphatic rings. The Labute approximate surface area is 174 Å². The number of carbonyl (C=O) groups excluding carboxylic acids is 1. The van der Waals surface area contributed by atoms with E-state index in [1.54, 1.807) is 23.9 Å². The maximum atomic E-state index is 13.4. The van der Waals surface area contributed by atoms with E-state index in [0.717, 1.165) is 45.2 Å². The largest absolute Gasteiger partial charge is 0.352 e. The number of rotatable bonds is 5. The van der Waals surface area contributed by atoms with Crippen LogP contribution >= 0.6 is 11.8 Å². The van der Waals surface area contributed by atoms with Gasteiger partial charge in [-0.3, -0.25) is 4.79 Å². The van der Waals surface area contributed by atoms with Gasteiger partial charge in [-0.15, -0.1) is 0 Å². The van der Waals surface area contributed by atoms with Gasteiger partial charge in [-0.1, -0.05) is 43.3 Å². The molecule has 146 valence electrons. The third kappa shape index (κ3) is 4.25. The first kappa shape index (κ1) is 19.4. The number of unbranched alkanes of at least 4 members (excludes halogenated alkanes) is 1. The lowest BCUT2D eigenvalue weighted by atomic mass is 10.0. The predicted octanol–water partition coefficient (Wildman–Crippen LogP) is 5.99. The predicted molar refractivity (Wildman–Crippen MR) is 116 cm³/mol. The molecule has 1 heterocycles. The third-order valence-electron chi connectivity index (χ3n) is 4.75. The van der Waals surface area contributed by atoms with Crippen molar-refractivity contribution in [3.8, 4) is 0 Å². The molecule has 1 amide bonds. The summed E-state index contributed by atoms with van der Waals surface area (Å²) in [4.78, 5) is 19.5. The molecule has 0 bridgehead atoms. The normalized spacial score (nSPS) is 12.4. The molecule has 0 spiro atoms. The average Bonchev–Trinajstić information content (AvgIpc) is 2.90. The number of halogens is 1. The molecule has 4 rings (SSSR count). The van der Waals surface area contributed by atoms with E-state index < -0.39 is 0 Å². The van der Waals surface area contributed by atoms with E-state index in [2.05, 4.69) is 18.3 Å². The molecule has 29 heavy (non-hydrogen) atoms. The second kappa shape index (κ2) is 8.62. The van der Waals surface area contributed by atoms with Crippen LogP contribution in [0.4, 0.5) is 10.1 Å². The van der Waals surface area contributed by atoms with Crippen LogP contribution in [0.3, 0.4) is 0 Å². The summed E-state index contributed by atoms with van der Waals surface area (Å²) in [5.41, 5.74) is 3.94. The Bertz CT molecular complexity index is 1080. The topological polar surface area (TPSA) is 41.5 Å². The highest BCUT2D eigenvalue weighted by molar-refractivity contribution is 7.99. The number of hydrogen-bond acceptors (Lipinski definition) is 3. The zero-order chi connectivity index (χ0) is 20.2. The molecular weight excluding hydrogens is 383 g/mol. The molecule has 0 aliphatic carbocycles. The highest BCUT2D eigenvalue weighted by Gasteiger charge is 2.19. The van der Waals surface area contributed by atoms with E-state index in [-0.39, 0.29) is 11.7 Å². The van der Waals surface area contributed by atoms with Crippen molar-refractivity contribution in [1.82, 2.24) is 5.32 Å². The van der Waals surface area contributed by atoms with Crippen molar-refractivity contribution in [2.45, 2.75) is 29.6 Å². The molecule has 3 aromatic rings. The maximum Gasteiger partial charge on any atom is 0.251 e. The van der Waals surface area contributed by atoms with Gasteiger partial charge in [0.1, 0.15) is 5.82 Å². The zero-order valence-electron chi connectivity index (χ0n) is 16.1. The molecule has 0 fully saturated rings. The zero-order valence-corrected chi connectivity index (χ0v) is 16.9. The molecule has 3 aromatic carbocycles. The van der Waals surface area contributed by atoms with Crippen LogP contribution in [0.25, 0.3) is 0 Å². The number of hydrogen-bond donors (Lipinski definition) is 1. The van der Waals surface area contributed by atoms with Crippen LogP contribution < -0.4 is 5.32 Å². The first-order valence-electron chi connectivity index (χ1n) is 9.70. The summed E-state index contributed by atoms with van der Waals surface area (Å²) in [7, 11) is 0. The fourth-order valence-electron chi connectivity index (χ4n) is 3.19. The van der Waals surface area contributed by atoms with Gasteiger partial charge in [0, 0.05) is 33.0 Å². The lowest BCUT2D eigenvalue weighted by Gasteiger charge is -2.08. The molecule has 0 radical (unpaired) electrons. The standard InChI is InChI=1S/C24H21FN2OS/c1-2-3-14-26-24(28)17-10-13-22-20(15-17)27-23(16-8-11-18(25)12-9-16)19-6-4-5-7-21(19)29-22/h4-13,15H,2-3,14H2,1H3,(H,26,28). The molecule has 0 unspecified atom stereocenters. The van der Waals surface area contributed by atoms with E-state index >= 15 is 0 Å². The Kier molecular flexibility index (Phi) is 5.76. The SMILES string of the molecule is CCCCNC(=O)c1ccc2c(c1)N=C(c1ccc(F)cc1)c1ccccc1S2. The Hall–Kier alpha value is -2.92. The smallest absolute Gasteiger partial charge is 0.251 e. The number of aliphatic imine (C=N–C) groups is 1. The van der Waals surface area contributed by atoms with Crippen molar-refractivity contribution in [1.29, 1.82) is 0 Å². The minimum atomic E-state index is -0.280. The number of nitrogens with one attached hydrogen (secondary N) is 1. The monoisotopic (exact) mass is 404 g/mol. The van der Waals surface area contributed by atoms with Crippen LogP contribution in [0.5, 0.6) is 0 Å². The quantitative estimate of drug-likeness (QED) is 0.415. The van der Waals surface area contributed by atoms with E-state index in [0.29, 0.717) is 12.1 Å². The van der Waals surface area contributed by atoms with Crippen molar-refractivity contribution >= 4 is 29.1 Å². The molecule has 1 aliphatic heterocycles. The minimum absolute atomic E-state index is 0.0912. The summed E-state index contributed by atoms with van der Waals surface area (Å²) >= 11 is 1.63. The lowest BCUT2D eigenvalue weighted by Crippen LogP contribution is -2.24. The van der Waals surface area contributed by atoms with Crippen molar-refractivity contribution in [2.75, 3.05) is 6.54 Å². The first-order valence-corrected chi connectivity index (χ1v) is 10.5. The van der Waals surface area contributed by atoms with E-state index in [1.807, 2.05) is 36.4 Å². The van der Waals surface area contributed by atoms with Crippen LogP contribution in [0.1, 0.15) is 41.3 Å². The van der Waals surface area contributed by atoms with Crippen molar-refractivity contribution in [3.63, 3.8) is 0 Å². The molecule has 0 saturated heterocycles. The number of nitrogens with zero attached hydrogens (tertiary/aromatic N) is 1. The van der Waals surface area contributed by atoms with Crippen LogP contribution in [0.15, 0.2) is 81.5 Å². The molecular formula is C24H21FN2OS. The molecule has 0 atom stereocenters. The second-order valence-electron chi connectivity index (χ2n) is 6.86. The Morgan fingerprint density at radius 3 is 2.62 bits per heavy atom. The van der Waals surface area contributed by atoms with Gasteiger partial charge in [-0.2, -0.15) is 0 Å². The Morgan fingerprint density at radius 2 is 1.83 bits per heavy atom. The van der Waals surface area contributed by atoms with Gasteiger partial charge in [0.05, 0.1) is 11.4 Å². The van der Waals surface area contributed by atoms with Gasteiger partial charge in [0.25, 0.3) is 5.91 Å². The Morgan fingerprint density at radius 1 is 1.03 bits per heavy atom. The Balaban J connectivity index is 1.78. The summed E-state index contributed by atoms with van der Waals surface area (Å²) < 4.78 is 13.4. The van der Waals surface area contributed by atoms with E-state index in [4.69, 9.17) is 4.99 Å². The van der Waals surface area contributed by atoms with Crippen LogP contribution in [-0.2, 0) is 0 Å². The molecule has 3 nitrogen and oxygen atoms in total. The summed E-state index contributed by atoms with van der Waals surface area (Å²) in [5, 5.41) is 2.95. The van der Waals surface area contributed by atoms with Gasteiger partial charge >= 0.3 is 0 Å². The molecule has 1 N–H and O–H groups in total. The van der Waals surface area contributed by atoms with Gasteiger partial charge < -0.3 is 5.32 Å². The van der Waals surface area contributed by atoms with Crippen molar-refractivity contribution < 1.29 is 9.18 Å². The fourth-order valence-corrected chi connectivity index (χ4v) is 4.19. The summed E-state index contributed by atoms with van der Waals surface area (Å²) in [5.74, 6) is -0.372. The molecule has 0 saturated carbocycles. The lowest BCUT2D eigenvalue weighted by molar-refractivity contribution is 0.0953. The number of benzene rings is 3. The third-order valence-corrected chi connectivity index (χ3v) is 5.89. The summed E-state index contributed by atoms with van der Waals surface area (Å²) in [6.07, 6.45) is 1.99. The van der Waals surface area contributed by atoms with Crippen molar-refractivity contribution in [3.05, 3.63) is 89.2 Å². The minimum Gasteiger partial charge on any atom is -0.352 e. The van der Waals surface area contributed by atoms with Gasteiger partial charge in [-0.05, 0) is 55.0 Å². The van der Waals surface area contributed by atoms with Crippen molar-refractivity contribution in [2.24, 2.45) is 4.99 Å². The fraction of sp³-hybridized carbons (Fsp3) is 0.167. The maximum absolute atomic E-state index is 13.4. The van der Waals surface area contributed by atoms with Gasteiger partial charge in [0.15, 0.2) is 0 Å². The number of amides is 1. The van der Waals surface area contributed by atoms with Crippen LogP contribution in [0, 0.1) is 5.82 Å². The average molecular weight is 405 g/mol. The van der Waals surface area contributed by atoms with E-state index in [1.165, 1.54) is 12.1 Å². The summed E-state index contributed by atoms with van der Waals surface area (Å²) in [6.45, 7) is 2.76. The number of carbonyl (C=O) groups is 1. The van der Waals surface area contributed by atoms with E-state index in [9.17, 15) is 9.18 Å². The summed E-state index contributed by atoms with van der Waals surface area (Å²) in [6, 6.07) is 20.0. The van der Waals surface area contributed by atoms with Gasteiger partial charge in [0.2, 0.25) is 0 Å². The second-order valence-corrected chi connectivity index (χ2v) is 7.94. The highest BCUT2D eigenvalue weighted by atomic mass is 32.2. The molecule has 5 heteroatoms. The number of fused-ring (bicyclic) bond motifs is 2. The highest BCUT2D eigenvalue weighted by Crippen LogP contribution is 2.41. The van der Waals surface area contributed by atoms with Gasteiger partial charge in [-0.25, -0.2) is 9.38 Å². The van der Waals surface area contributed by atoms with Crippen LogP contribution in [-0.4, -0.2) is 18.2 Å². The first-order chi connectivity index (χ1) is 14.2. The van der Waals surface area contributed by atoms with Crippen LogP contribution in [0.2, 0.25) is 0 Å².